The maximum Gasteiger partial charge on any atom is 0.165 e. The molecule has 0 saturated heterocycles. The Morgan fingerprint density at radius 3 is 3.08 bits per heavy atom. The minimum Gasteiger partial charge on any atom is -0.490 e. The van der Waals surface area contributed by atoms with Gasteiger partial charge in [-0.15, -0.1) is 0 Å². The van der Waals surface area contributed by atoms with E-state index in [1.165, 1.54) is 6.07 Å². The summed E-state index contributed by atoms with van der Waals surface area (Å²) in [6, 6.07) is 3.28. The average molecular weight is 181 g/mol. The number of ether oxygens (including phenoxy) is 1. The van der Waals surface area contributed by atoms with E-state index in [4.69, 9.17) is 10.5 Å². The first-order chi connectivity index (χ1) is 6.18. The SMILES string of the molecule is Cc1cc(F)c2c(c1)C(N)CCO2. The van der Waals surface area contributed by atoms with Crippen molar-refractivity contribution in [2.45, 2.75) is 19.4 Å². The standard InChI is InChI=1S/C10H12FNO/c1-6-4-7-9(12)2-3-13-10(7)8(11)5-6/h4-5,9H,2-3,12H2,1H3. The van der Waals surface area contributed by atoms with E-state index in [0.29, 0.717) is 12.4 Å². The molecule has 1 aliphatic heterocycles. The monoisotopic (exact) mass is 181 g/mol. The van der Waals surface area contributed by atoms with Crippen LogP contribution in [0.15, 0.2) is 12.1 Å². The highest BCUT2D eigenvalue weighted by Crippen LogP contribution is 2.33. The first-order valence-electron chi connectivity index (χ1n) is 4.37. The molecule has 0 aromatic heterocycles. The number of fused-ring (bicyclic) bond motifs is 1. The van der Waals surface area contributed by atoms with E-state index in [9.17, 15) is 4.39 Å². The van der Waals surface area contributed by atoms with Crippen molar-refractivity contribution >= 4 is 0 Å². The molecule has 1 aromatic carbocycles. The Hall–Kier alpha value is -1.09. The number of hydrogen-bond acceptors (Lipinski definition) is 2. The van der Waals surface area contributed by atoms with E-state index >= 15 is 0 Å². The van der Waals surface area contributed by atoms with Crippen molar-refractivity contribution in [3.63, 3.8) is 0 Å². The van der Waals surface area contributed by atoms with Crippen LogP contribution in [-0.2, 0) is 0 Å². The molecular weight excluding hydrogens is 169 g/mol. The molecule has 0 amide bonds. The second-order valence-electron chi connectivity index (χ2n) is 3.41. The average Bonchev–Trinajstić information content (AvgIpc) is 2.07. The minimum atomic E-state index is -0.301. The van der Waals surface area contributed by atoms with Crippen molar-refractivity contribution in [3.05, 3.63) is 29.1 Å². The van der Waals surface area contributed by atoms with Gasteiger partial charge in [0.25, 0.3) is 0 Å². The lowest BCUT2D eigenvalue weighted by molar-refractivity contribution is 0.255. The fraction of sp³-hybridized carbons (Fsp3) is 0.400. The van der Waals surface area contributed by atoms with Crippen LogP contribution in [0, 0.1) is 12.7 Å². The lowest BCUT2D eigenvalue weighted by Gasteiger charge is -2.23. The molecule has 1 unspecified atom stereocenters. The lowest BCUT2D eigenvalue weighted by Crippen LogP contribution is -2.21. The summed E-state index contributed by atoms with van der Waals surface area (Å²) in [5.74, 6) is 0.0366. The molecule has 1 aromatic rings. The third-order valence-corrected chi connectivity index (χ3v) is 2.29. The summed E-state index contributed by atoms with van der Waals surface area (Å²) < 4.78 is 18.5. The zero-order valence-corrected chi connectivity index (χ0v) is 7.51. The Morgan fingerprint density at radius 1 is 1.54 bits per heavy atom. The van der Waals surface area contributed by atoms with E-state index in [1.54, 1.807) is 0 Å². The fourth-order valence-corrected chi connectivity index (χ4v) is 1.63. The molecule has 13 heavy (non-hydrogen) atoms. The Bertz CT molecular complexity index is 338. The van der Waals surface area contributed by atoms with Gasteiger partial charge in [0.05, 0.1) is 6.61 Å². The van der Waals surface area contributed by atoms with Crippen molar-refractivity contribution in [3.8, 4) is 5.75 Å². The molecule has 0 fully saturated rings. The molecule has 1 atom stereocenters. The van der Waals surface area contributed by atoms with E-state index in [1.807, 2.05) is 13.0 Å². The Morgan fingerprint density at radius 2 is 2.31 bits per heavy atom. The fourth-order valence-electron chi connectivity index (χ4n) is 1.63. The summed E-state index contributed by atoms with van der Waals surface area (Å²) in [5.41, 5.74) is 7.52. The molecule has 2 rings (SSSR count). The van der Waals surface area contributed by atoms with Crippen molar-refractivity contribution in [1.82, 2.24) is 0 Å². The highest BCUT2D eigenvalue weighted by Gasteiger charge is 2.21. The van der Waals surface area contributed by atoms with Crippen LogP contribution in [-0.4, -0.2) is 6.61 Å². The van der Waals surface area contributed by atoms with Crippen LogP contribution in [0.5, 0.6) is 5.75 Å². The largest absolute Gasteiger partial charge is 0.490 e. The van der Waals surface area contributed by atoms with Gasteiger partial charge in [0.2, 0.25) is 0 Å². The highest BCUT2D eigenvalue weighted by molar-refractivity contribution is 5.41. The van der Waals surface area contributed by atoms with Crippen LogP contribution in [0.4, 0.5) is 4.39 Å². The molecule has 3 heteroatoms. The van der Waals surface area contributed by atoms with Gasteiger partial charge in [-0.1, -0.05) is 6.07 Å². The van der Waals surface area contributed by atoms with Gasteiger partial charge >= 0.3 is 0 Å². The number of benzene rings is 1. The minimum absolute atomic E-state index is 0.0850. The second-order valence-corrected chi connectivity index (χ2v) is 3.41. The number of halogens is 1. The normalized spacial score (nSPS) is 20.7. The maximum absolute atomic E-state index is 13.3. The maximum atomic E-state index is 13.3. The van der Waals surface area contributed by atoms with Crippen molar-refractivity contribution in [1.29, 1.82) is 0 Å². The highest BCUT2D eigenvalue weighted by atomic mass is 19.1. The predicted molar refractivity (Wildman–Crippen MR) is 48.2 cm³/mol. The second kappa shape index (κ2) is 3.00. The van der Waals surface area contributed by atoms with E-state index in [0.717, 1.165) is 17.5 Å². The van der Waals surface area contributed by atoms with Crippen LogP contribution < -0.4 is 10.5 Å². The number of rotatable bonds is 0. The Balaban J connectivity index is 2.56. The summed E-state index contributed by atoms with van der Waals surface area (Å²) in [6.45, 7) is 2.36. The molecule has 0 aliphatic carbocycles. The van der Waals surface area contributed by atoms with Crippen molar-refractivity contribution in [2.24, 2.45) is 5.73 Å². The van der Waals surface area contributed by atoms with Crippen molar-refractivity contribution in [2.75, 3.05) is 6.61 Å². The van der Waals surface area contributed by atoms with Gasteiger partial charge in [0.1, 0.15) is 0 Å². The molecule has 0 radical (unpaired) electrons. The molecule has 2 nitrogen and oxygen atoms in total. The van der Waals surface area contributed by atoms with E-state index < -0.39 is 0 Å². The molecule has 70 valence electrons. The first-order valence-corrected chi connectivity index (χ1v) is 4.37. The summed E-state index contributed by atoms with van der Waals surface area (Å²) in [6.07, 6.45) is 0.760. The van der Waals surface area contributed by atoms with E-state index in [2.05, 4.69) is 0 Å². The molecule has 0 bridgehead atoms. The quantitative estimate of drug-likeness (QED) is 0.663. The molecule has 2 N–H and O–H groups in total. The van der Waals surface area contributed by atoms with Gasteiger partial charge in [-0.05, 0) is 18.6 Å². The molecule has 0 spiro atoms. The third-order valence-electron chi connectivity index (χ3n) is 2.29. The zero-order valence-electron chi connectivity index (χ0n) is 7.51. The number of hydrogen-bond donors (Lipinski definition) is 1. The van der Waals surface area contributed by atoms with Gasteiger partial charge < -0.3 is 10.5 Å². The molecule has 0 saturated carbocycles. The molecule has 1 aliphatic rings. The zero-order chi connectivity index (χ0) is 9.42. The summed E-state index contributed by atoms with van der Waals surface area (Å²) in [4.78, 5) is 0. The van der Waals surface area contributed by atoms with E-state index in [-0.39, 0.29) is 11.9 Å². The van der Waals surface area contributed by atoms with Crippen LogP contribution in [0.1, 0.15) is 23.6 Å². The summed E-state index contributed by atoms with van der Waals surface area (Å²) >= 11 is 0. The van der Waals surface area contributed by atoms with Gasteiger partial charge in [-0.2, -0.15) is 0 Å². The lowest BCUT2D eigenvalue weighted by atomic mass is 9.99. The first kappa shape index (κ1) is 8.51. The smallest absolute Gasteiger partial charge is 0.165 e. The summed E-state index contributed by atoms with van der Waals surface area (Å²) in [7, 11) is 0. The summed E-state index contributed by atoms with van der Waals surface area (Å²) in [5, 5.41) is 0. The van der Waals surface area contributed by atoms with Gasteiger partial charge in [0.15, 0.2) is 11.6 Å². The Kier molecular flexibility index (Phi) is 1.96. The predicted octanol–water partition coefficient (Wildman–Crippen LogP) is 1.92. The number of aryl methyl sites for hydroxylation is 1. The Labute approximate surface area is 76.5 Å². The van der Waals surface area contributed by atoms with Crippen LogP contribution in [0.3, 0.4) is 0 Å². The molecule has 1 heterocycles. The van der Waals surface area contributed by atoms with Crippen LogP contribution in [0.2, 0.25) is 0 Å². The van der Waals surface area contributed by atoms with Crippen LogP contribution in [0.25, 0.3) is 0 Å². The molecular formula is C10H12FNO. The van der Waals surface area contributed by atoms with Gasteiger partial charge in [-0.3, -0.25) is 0 Å². The van der Waals surface area contributed by atoms with Crippen molar-refractivity contribution < 1.29 is 9.13 Å². The third kappa shape index (κ3) is 1.40. The van der Waals surface area contributed by atoms with Gasteiger partial charge in [0, 0.05) is 18.0 Å². The number of nitrogens with two attached hydrogens (primary N) is 1. The van der Waals surface area contributed by atoms with Gasteiger partial charge in [-0.25, -0.2) is 4.39 Å². The van der Waals surface area contributed by atoms with Crippen LogP contribution >= 0.6 is 0 Å². The topological polar surface area (TPSA) is 35.2 Å².